The molecule has 8 nitrogen and oxygen atoms in total. The summed E-state index contributed by atoms with van der Waals surface area (Å²) in [6.45, 7) is 1.94. The molecule has 9 heteroatoms. The second kappa shape index (κ2) is 7.65. The average molecular weight is 397 g/mol. The summed E-state index contributed by atoms with van der Waals surface area (Å²) in [5, 5.41) is 0. The molecule has 2 heterocycles. The number of ether oxygens (including phenoxy) is 2. The topological polar surface area (TPSA) is 79.4 Å². The zero-order valence-corrected chi connectivity index (χ0v) is 16.9. The van der Waals surface area contributed by atoms with E-state index in [2.05, 4.69) is 0 Å². The first-order valence-electron chi connectivity index (χ1n) is 9.01. The second-order valence-electron chi connectivity index (χ2n) is 7.17. The number of carbonyl (C=O) groups excluding carboxylic acids is 1. The summed E-state index contributed by atoms with van der Waals surface area (Å²) in [7, 11) is 0.237. The first kappa shape index (κ1) is 19.9. The van der Waals surface area contributed by atoms with Crippen LogP contribution in [0.5, 0.6) is 0 Å². The van der Waals surface area contributed by atoms with Gasteiger partial charge < -0.3 is 19.3 Å². The third-order valence-electron chi connectivity index (χ3n) is 5.02. The SMILES string of the molecule is CN(C)c1ccc(N(CC(=O)N2CCC3(CC2)OCCO3)S(C)(=O)=O)cc1. The van der Waals surface area contributed by atoms with Gasteiger partial charge in [0.2, 0.25) is 15.9 Å². The molecule has 0 unspecified atom stereocenters. The summed E-state index contributed by atoms with van der Waals surface area (Å²) in [6.07, 6.45) is 2.33. The van der Waals surface area contributed by atoms with E-state index in [4.69, 9.17) is 9.47 Å². The fraction of sp³-hybridized carbons (Fsp3) is 0.611. The summed E-state index contributed by atoms with van der Waals surface area (Å²) in [6, 6.07) is 7.10. The molecule has 2 aliphatic heterocycles. The molecule has 1 spiro atoms. The van der Waals surface area contributed by atoms with E-state index in [0.717, 1.165) is 16.2 Å². The predicted molar refractivity (Wildman–Crippen MR) is 103 cm³/mol. The molecule has 2 saturated heterocycles. The molecule has 150 valence electrons. The normalized spacial score (nSPS) is 19.3. The van der Waals surface area contributed by atoms with Crippen LogP contribution in [0.25, 0.3) is 0 Å². The van der Waals surface area contributed by atoms with E-state index in [9.17, 15) is 13.2 Å². The molecule has 0 bridgehead atoms. The molecule has 2 aliphatic rings. The minimum Gasteiger partial charge on any atom is -0.378 e. The molecule has 0 atom stereocenters. The zero-order chi connectivity index (χ0) is 19.7. The van der Waals surface area contributed by atoms with Crippen molar-refractivity contribution in [2.75, 3.05) is 62.4 Å². The third-order valence-corrected chi connectivity index (χ3v) is 6.17. The van der Waals surface area contributed by atoms with Crippen molar-refractivity contribution in [1.82, 2.24) is 4.90 Å². The van der Waals surface area contributed by atoms with Gasteiger partial charge in [-0.1, -0.05) is 0 Å². The van der Waals surface area contributed by atoms with Crippen molar-refractivity contribution in [3.05, 3.63) is 24.3 Å². The van der Waals surface area contributed by atoms with Gasteiger partial charge in [0, 0.05) is 45.7 Å². The Balaban J connectivity index is 1.69. The minimum absolute atomic E-state index is 0.213. The van der Waals surface area contributed by atoms with Gasteiger partial charge in [-0.15, -0.1) is 0 Å². The van der Waals surface area contributed by atoms with Gasteiger partial charge in [-0.05, 0) is 24.3 Å². The Bertz CT molecular complexity index is 763. The summed E-state index contributed by atoms with van der Waals surface area (Å²) < 4.78 is 37.1. The molecule has 1 aromatic carbocycles. The van der Waals surface area contributed by atoms with Crippen LogP contribution < -0.4 is 9.21 Å². The Hall–Kier alpha value is -1.84. The molecule has 0 N–H and O–H groups in total. The van der Waals surface area contributed by atoms with E-state index in [1.165, 1.54) is 0 Å². The predicted octanol–water partition coefficient (Wildman–Crippen LogP) is 0.884. The van der Waals surface area contributed by atoms with Crippen LogP contribution in [0.2, 0.25) is 0 Å². The van der Waals surface area contributed by atoms with Crippen molar-refractivity contribution < 1.29 is 22.7 Å². The van der Waals surface area contributed by atoms with Crippen molar-refractivity contribution >= 4 is 27.3 Å². The van der Waals surface area contributed by atoms with Crippen molar-refractivity contribution in [2.24, 2.45) is 0 Å². The van der Waals surface area contributed by atoms with Gasteiger partial charge in [0.25, 0.3) is 0 Å². The number of hydrogen-bond donors (Lipinski definition) is 0. The summed E-state index contributed by atoms with van der Waals surface area (Å²) in [5.41, 5.74) is 1.43. The number of likely N-dealkylation sites (tertiary alicyclic amines) is 1. The quantitative estimate of drug-likeness (QED) is 0.734. The Kier molecular flexibility index (Phi) is 5.64. The standard InChI is InChI=1S/C18H27N3O5S/c1-19(2)15-4-6-16(7-5-15)21(27(3,23)24)14-17(22)20-10-8-18(9-11-20)25-12-13-26-18/h4-7H,8-14H2,1-3H3. The number of anilines is 2. The first-order valence-corrected chi connectivity index (χ1v) is 10.9. The number of carbonyl (C=O) groups is 1. The van der Waals surface area contributed by atoms with Gasteiger partial charge >= 0.3 is 0 Å². The van der Waals surface area contributed by atoms with E-state index in [1.807, 2.05) is 31.1 Å². The Morgan fingerprint density at radius 2 is 1.59 bits per heavy atom. The highest BCUT2D eigenvalue weighted by Gasteiger charge is 2.41. The van der Waals surface area contributed by atoms with Gasteiger partial charge in [-0.2, -0.15) is 0 Å². The highest BCUT2D eigenvalue weighted by molar-refractivity contribution is 7.92. The monoisotopic (exact) mass is 397 g/mol. The molecule has 0 radical (unpaired) electrons. The van der Waals surface area contributed by atoms with Crippen LogP contribution in [0.4, 0.5) is 11.4 Å². The van der Waals surface area contributed by atoms with E-state index in [1.54, 1.807) is 17.0 Å². The lowest BCUT2D eigenvalue weighted by molar-refractivity contribution is -0.187. The summed E-state index contributed by atoms with van der Waals surface area (Å²) in [5.74, 6) is -0.778. The number of rotatable bonds is 5. The molecule has 0 aliphatic carbocycles. The molecule has 2 fully saturated rings. The lowest BCUT2D eigenvalue weighted by atomic mass is 10.0. The van der Waals surface area contributed by atoms with Crippen LogP contribution in [0.1, 0.15) is 12.8 Å². The maximum absolute atomic E-state index is 12.7. The van der Waals surface area contributed by atoms with E-state index in [0.29, 0.717) is 44.8 Å². The summed E-state index contributed by atoms with van der Waals surface area (Å²) >= 11 is 0. The van der Waals surface area contributed by atoms with Gasteiger partial charge in [-0.3, -0.25) is 9.10 Å². The van der Waals surface area contributed by atoms with Crippen molar-refractivity contribution in [3.63, 3.8) is 0 Å². The van der Waals surface area contributed by atoms with Crippen LogP contribution in [0.3, 0.4) is 0 Å². The highest BCUT2D eigenvalue weighted by Crippen LogP contribution is 2.31. The highest BCUT2D eigenvalue weighted by atomic mass is 32.2. The molecule has 27 heavy (non-hydrogen) atoms. The number of amides is 1. The number of sulfonamides is 1. The van der Waals surface area contributed by atoms with Gasteiger partial charge in [-0.25, -0.2) is 8.42 Å². The van der Waals surface area contributed by atoms with Crippen LogP contribution in [-0.4, -0.2) is 78.2 Å². The van der Waals surface area contributed by atoms with Crippen molar-refractivity contribution in [3.8, 4) is 0 Å². The van der Waals surface area contributed by atoms with Crippen LogP contribution >= 0.6 is 0 Å². The second-order valence-corrected chi connectivity index (χ2v) is 9.08. The fourth-order valence-corrected chi connectivity index (χ4v) is 4.27. The smallest absolute Gasteiger partial charge is 0.243 e. The third kappa shape index (κ3) is 4.53. The lowest BCUT2D eigenvalue weighted by Gasteiger charge is -2.38. The molecule has 0 saturated carbocycles. The van der Waals surface area contributed by atoms with E-state index >= 15 is 0 Å². The largest absolute Gasteiger partial charge is 0.378 e. The van der Waals surface area contributed by atoms with E-state index < -0.39 is 15.8 Å². The Labute approximate surface area is 160 Å². The average Bonchev–Trinajstić information content (AvgIpc) is 3.07. The first-order chi connectivity index (χ1) is 12.7. The van der Waals surface area contributed by atoms with Gasteiger partial charge in [0.15, 0.2) is 5.79 Å². The van der Waals surface area contributed by atoms with Crippen molar-refractivity contribution in [1.29, 1.82) is 0 Å². The van der Waals surface area contributed by atoms with Crippen molar-refractivity contribution in [2.45, 2.75) is 18.6 Å². The molecule has 1 aromatic rings. The fourth-order valence-electron chi connectivity index (χ4n) is 3.42. The molecule has 1 amide bonds. The van der Waals surface area contributed by atoms with Crippen LogP contribution in [0, 0.1) is 0 Å². The van der Waals surface area contributed by atoms with Gasteiger partial charge in [0.1, 0.15) is 6.54 Å². The number of benzene rings is 1. The molecule has 0 aromatic heterocycles. The molecular formula is C18H27N3O5S. The molecular weight excluding hydrogens is 370 g/mol. The summed E-state index contributed by atoms with van der Waals surface area (Å²) in [4.78, 5) is 16.3. The number of nitrogens with zero attached hydrogens (tertiary/aromatic N) is 3. The van der Waals surface area contributed by atoms with Crippen LogP contribution in [0.15, 0.2) is 24.3 Å². The Morgan fingerprint density at radius 3 is 2.07 bits per heavy atom. The number of hydrogen-bond acceptors (Lipinski definition) is 6. The van der Waals surface area contributed by atoms with Crippen LogP contribution in [-0.2, 0) is 24.3 Å². The number of piperidine rings is 1. The minimum atomic E-state index is -3.58. The zero-order valence-electron chi connectivity index (χ0n) is 16.1. The Morgan fingerprint density at radius 1 is 1.07 bits per heavy atom. The maximum atomic E-state index is 12.7. The lowest BCUT2D eigenvalue weighted by Crippen LogP contribution is -2.50. The van der Waals surface area contributed by atoms with E-state index in [-0.39, 0.29) is 12.5 Å². The maximum Gasteiger partial charge on any atom is 0.243 e. The molecule has 3 rings (SSSR count). The van der Waals surface area contributed by atoms with Gasteiger partial charge in [0.05, 0.1) is 25.2 Å².